The van der Waals surface area contributed by atoms with Crippen LogP contribution in [0.3, 0.4) is 0 Å². The topological polar surface area (TPSA) is 0 Å². The van der Waals surface area contributed by atoms with Gasteiger partial charge < -0.3 is 4.48 Å². The molecule has 2 heteroatoms. The second-order valence-electron chi connectivity index (χ2n) is 9.01. The third kappa shape index (κ3) is 8.56. The van der Waals surface area contributed by atoms with Crippen LogP contribution in [0.15, 0.2) is 0 Å². The highest BCUT2D eigenvalue weighted by atomic mass is 32.2. The molecule has 1 fully saturated rings. The third-order valence-electron chi connectivity index (χ3n) is 3.73. The van der Waals surface area contributed by atoms with Gasteiger partial charge in [-0.2, -0.15) is 11.8 Å². The van der Waals surface area contributed by atoms with Crippen LogP contribution >= 0.6 is 11.8 Å². The summed E-state index contributed by atoms with van der Waals surface area (Å²) in [6.07, 6.45) is 1.38. The van der Waals surface area contributed by atoms with E-state index in [1.54, 1.807) is 0 Å². The SMILES string of the molecule is CC.CC(C)(C)CC1C[N+](C)(C)CC1CSC(C)(C)C. The van der Waals surface area contributed by atoms with E-state index in [0.717, 1.165) is 11.8 Å². The second-order valence-corrected chi connectivity index (χ2v) is 10.9. The van der Waals surface area contributed by atoms with Gasteiger partial charge in [0.25, 0.3) is 0 Å². The van der Waals surface area contributed by atoms with Gasteiger partial charge in [0.2, 0.25) is 0 Å². The fourth-order valence-corrected chi connectivity index (χ4v) is 4.30. The minimum absolute atomic E-state index is 0.409. The van der Waals surface area contributed by atoms with Crippen LogP contribution in [0.25, 0.3) is 0 Å². The molecule has 1 aliphatic rings. The first-order valence-corrected chi connectivity index (χ1v) is 9.33. The number of rotatable bonds is 3. The average Bonchev–Trinajstić information content (AvgIpc) is 2.49. The van der Waals surface area contributed by atoms with Gasteiger partial charge in [-0.3, -0.25) is 0 Å². The molecule has 0 aromatic rings. The highest BCUT2D eigenvalue weighted by Crippen LogP contribution is 2.39. The van der Waals surface area contributed by atoms with E-state index in [4.69, 9.17) is 0 Å². The van der Waals surface area contributed by atoms with Gasteiger partial charge in [-0.25, -0.2) is 0 Å². The molecular formula is C18H40NS+. The van der Waals surface area contributed by atoms with Gasteiger partial charge >= 0.3 is 0 Å². The first-order valence-electron chi connectivity index (χ1n) is 8.34. The molecule has 0 bridgehead atoms. The summed E-state index contributed by atoms with van der Waals surface area (Å²) in [6, 6.07) is 0. The highest BCUT2D eigenvalue weighted by Gasteiger charge is 2.41. The van der Waals surface area contributed by atoms with E-state index in [-0.39, 0.29) is 0 Å². The standard InChI is InChI=1S/C16H34NS.C2H6/c1-15(2,3)9-13-10-17(7,8)11-14(13)12-18-16(4,5)6;1-2/h13-14H,9-12H2,1-8H3;1-2H3/q+1;. The third-order valence-corrected chi connectivity index (χ3v) is 5.19. The van der Waals surface area contributed by atoms with Crippen molar-refractivity contribution in [3.05, 3.63) is 0 Å². The molecule has 2 atom stereocenters. The molecule has 2 unspecified atom stereocenters. The summed E-state index contributed by atoms with van der Waals surface area (Å²) in [7, 11) is 4.80. The van der Waals surface area contributed by atoms with Crippen LogP contribution in [0.1, 0.15) is 61.8 Å². The molecule has 1 aliphatic heterocycles. The summed E-state index contributed by atoms with van der Waals surface area (Å²) in [6.45, 7) is 20.9. The van der Waals surface area contributed by atoms with Crippen molar-refractivity contribution >= 4 is 11.8 Å². The molecule has 1 saturated heterocycles. The number of thioether (sulfide) groups is 1. The molecule has 0 amide bonds. The van der Waals surface area contributed by atoms with Crippen LogP contribution in [-0.4, -0.2) is 42.2 Å². The zero-order valence-corrected chi connectivity index (χ0v) is 16.7. The molecule has 0 aliphatic carbocycles. The van der Waals surface area contributed by atoms with Crippen LogP contribution in [0, 0.1) is 17.3 Å². The highest BCUT2D eigenvalue weighted by molar-refractivity contribution is 8.00. The predicted octanol–water partition coefficient (Wildman–Crippen LogP) is 5.30. The largest absolute Gasteiger partial charge is 0.328 e. The summed E-state index contributed by atoms with van der Waals surface area (Å²) >= 11 is 2.15. The predicted molar refractivity (Wildman–Crippen MR) is 96.5 cm³/mol. The molecule has 122 valence electrons. The molecule has 0 radical (unpaired) electrons. The summed E-state index contributed by atoms with van der Waals surface area (Å²) in [5, 5.41) is 0. The lowest BCUT2D eigenvalue weighted by molar-refractivity contribution is -0.880. The van der Waals surface area contributed by atoms with Crippen LogP contribution in [0.5, 0.6) is 0 Å². The molecule has 0 saturated carbocycles. The summed E-state index contributed by atoms with van der Waals surface area (Å²) in [4.78, 5) is 0. The van der Waals surface area contributed by atoms with E-state index in [2.05, 4.69) is 67.4 Å². The van der Waals surface area contributed by atoms with Gasteiger partial charge in [0.05, 0.1) is 27.2 Å². The van der Waals surface area contributed by atoms with Gasteiger partial charge in [0.15, 0.2) is 0 Å². The number of quaternary nitrogens is 1. The summed E-state index contributed by atoms with van der Waals surface area (Å²) in [5.41, 5.74) is 0.472. The first kappa shape index (κ1) is 20.3. The maximum absolute atomic E-state index is 2.40. The van der Waals surface area contributed by atoms with E-state index in [0.29, 0.717) is 10.2 Å². The van der Waals surface area contributed by atoms with Crippen molar-refractivity contribution in [2.24, 2.45) is 17.3 Å². The Morgan fingerprint density at radius 2 is 1.35 bits per heavy atom. The molecular weight excluding hydrogens is 262 g/mol. The molecule has 0 aromatic heterocycles. The number of nitrogens with zero attached hydrogens (tertiary/aromatic N) is 1. The van der Waals surface area contributed by atoms with Crippen molar-refractivity contribution in [1.82, 2.24) is 0 Å². The van der Waals surface area contributed by atoms with Gasteiger partial charge in [0, 0.05) is 22.3 Å². The van der Waals surface area contributed by atoms with Gasteiger partial charge in [0.1, 0.15) is 0 Å². The Morgan fingerprint density at radius 3 is 1.75 bits per heavy atom. The Bertz CT molecular complexity index is 270. The van der Waals surface area contributed by atoms with E-state index in [1.807, 2.05) is 13.8 Å². The molecule has 1 heterocycles. The maximum Gasteiger partial charge on any atom is 0.0824 e. The Morgan fingerprint density at radius 1 is 0.900 bits per heavy atom. The van der Waals surface area contributed by atoms with Gasteiger partial charge in [-0.05, 0) is 11.8 Å². The normalized spacial score (nSPS) is 26.1. The van der Waals surface area contributed by atoms with E-state index >= 15 is 0 Å². The summed E-state index contributed by atoms with van der Waals surface area (Å²) < 4.78 is 1.63. The zero-order chi connectivity index (χ0) is 16.2. The van der Waals surface area contributed by atoms with Crippen LogP contribution in [0.4, 0.5) is 0 Å². The lowest BCUT2D eigenvalue weighted by atomic mass is 9.81. The molecule has 20 heavy (non-hydrogen) atoms. The van der Waals surface area contributed by atoms with Crippen LogP contribution in [0.2, 0.25) is 0 Å². The fraction of sp³-hybridized carbons (Fsp3) is 1.00. The smallest absolute Gasteiger partial charge is 0.0824 e. The zero-order valence-electron chi connectivity index (χ0n) is 15.8. The van der Waals surface area contributed by atoms with E-state index in [9.17, 15) is 0 Å². The van der Waals surface area contributed by atoms with Gasteiger partial charge in [-0.15, -0.1) is 0 Å². The Labute approximate surface area is 133 Å². The van der Waals surface area contributed by atoms with Crippen molar-refractivity contribution in [3.8, 4) is 0 Å². The van der Waals surface area contributed by atoms with Crippen LogP contribution in [-0.2, 0) is 0 Å². The van der Waals surface area contributed by atoms with Crippen molar-refractivity contribution in [2.45, 2.75) is 66.6 Å². The minimum atomic E-state index is 0.409. The van der Waals surface area contributed by atoms with E-state index < -0.39 is 0 Å². The molecule has 1 rings (SSSR count). The Kier molecular flexibility index (Phi) is 7.65. The molecule has 0 spiro atoms. The molecule has 0 N–H and O–H groups in total. The monoisotopic (exact) mass is 302 g/mol. The van der Waals surface area contributed by atoms with Crippen molar-refractivity contribution < 1.29 is 4.48 Å². The number of likely N-dealkylation sites (tertiary alicyclic amines) is 1. The van der Waals surface area contributed by atoms with Gasteiger partial charge in [-0.1, -0.05) is 55.4 Å². The van der Waals surface area contributed by atoms with Crippen LogP contribution < -0.4 is 0 Å². The fourth-order valence-electron chi connectivity index (χ4n) is 3.21. The lowest BCUT2D eigenvalue weighted by Gasteiger charge is -2.27. The van der Waals surface area contributed by atoms with E-state index in [1.165, 1.54) is 29.7 Å². The molecule has 1 nitrogen and oxygen atoms in total. The minimum Gasteiger partial charge on any atom is -0.328 e. The second kappa shape index (κ2) is 7.54. The Hall–Kier alpha value is 0.310. The molecule has 0 aromatic carbocycles. The average molecular weight is 303 g/mol. The number of hydrogen-bond acceptors (Lipinski definition) is 1. The summed E-state index contributed by atoms with van der Waals surface area (Å²) in [5.74, 6) is 3.16. The van der Waals surface area contributed by atoms with Crippen molar-refractivity contribution in [3.63, 3.8) is 0 Å². The maximum atomic E-state index is 2.40. The first-order chi connectivity index (χ1) is 8.88. The number of hydrogen-bond donors (Lipinski definition) is 0. The quantitative estimate of drug-likeness (QED) is 0.637. The lowest BCUT2D eigenvalue weighted by Crippen LogP contribution is -2.37. The van der Waals surface area contributed by atoms with Crippen molar-refractivity contribution in [2.75, 3.05) is 32.9 Å². The van der Waals surface area contributed by atoms with Crippen molar-refractivity contribution in [1.29, 1.82) is 0 Å². The Balaban J connectivity index is 0.00000172.